The van der Waals surface area contributed by atoms with Crippen molar-refractivity contribution in [3.05, 3.63) is 204 Å². The van der Waals surface area contributed by atoms with Gasteiger partial charge in [0.1, 0.15) is 0 Å². The lowest BCUT2D eigenvalue weighted by atomic mass is 9.90. The van der Waals surface area contributed by atoms with Gasteiger partial charge in [-0.1, -0.05) is 159 Å². The van der Waals surface area contributed by atoms with Gasteiger partial charge in [-0.15, -0.1) is 0 Å². The van der Waals surface area contributed by atoms with Gasteiger partial charge >= 0.3 is 0 Å². The zero-order valence-electron chi connectivity index (χ0n) is 34.0. The Morgan fingerprint density at radius 1 is 0.576 bits per heavy atom. The third-order valence-electron chi connectivity index (χ3n) is 12.3. The van der Waals surface area contributed by atoms with Crippen LogP contribution in [0.15, 0.2) is 191 Å². The van der Waals surface area contributed by atoms with Gasteiger partial charge in [0.2, 0.25) is 0 Å². The molecular formula is C56H47N3. The third kappa shape index (κ3) is 6.77. The number of rotatable bonds is 4. The van der Waals surface area contributed by atoms with Crippen molar-refractivity contribution >= 4 is 60.6 Å². The molecule has 1 atom stereocenters. The molecule has 59 heavy (non-hydrogen) atoms. The molecule has 3 heteroatoms. The van der Waals surface area contributed by atoms with E-state index in [-0.39, 0.29) is 0 Å². The fourth-order valence-corrected chi connectivity index (χ4v) is 9.36. The number of fused-ring (bicyclic) bond motifs is 9. The van der Waals surface area contributed by atoms with Crippen LogP contribution in [0.1, 0.15) is 68.2 Å². The summed E-state index contributed by atoms with van der Waals surface area (Å²) in [5.41, 5.74) is 15.4. The first-order valence-electron chi connectivity index (χ1n) is 21.1. The van der Waals surface area contributed by atoms with Crippen molar-refractivity contribution in [1.29, 1.82) is 0 Å². The molecule has 1 unspecified atom stereocenters. The zero-order valence-corrected chi connectivity index (χ0v) is 34.0. The lowest BCUT2D eigenvalue weighted by Gasteiger charge is -2.18. The van der Waals surface area contributed by atoms with Gasteiger partial charge in [-0.3, -0.25) is 0 Å². The van der Waals surface area contributed by atoms with Crippen molar-refractivity contribution in [2.45, 2.75) is 52.4 Å². The fourth-order valence-electron chi connectivity index (χ4n) is 9.36. The van der Waals surface area contributed by atoms with Crippen LogP contribution in [-0.2, 0) is 6.42 Å². The smallest absolute Gasteiger partial charge is 0.159 e. The molecule has 0 radical (unpaired) electrons. The van der Waals surface area contributed by atoms with E-state index in [1.165, 1.54) is 83.3 Å². The molecule has 9 aromatic rings. The van der Waals surface area contributed by atoms with E-state index in [1.54, 1.807) is 0 Å². The predicted molar refractivity (Wildman–Crippen MR) is 252 cm³/mol. The lowest BCUT2D eigenvalue weighted by Crippen LogP contribution is -2.01. The summed E-state index contributed by atoms with van der Waals surface area (Å²) in [5, 5.41) is 7.62. The Hall–Kier alpha value is -6.84. The van der Waals surface area contributed by atoms with Gasteiger partial charge in [-0.25, -0.2) is 9.98 Å². The van der Waals surface area contributed by atoms with E-state index in [9.17, 15) is 0 Å². The molecule has 0 saturated heterocycles. The van der Waals surface area contributed by atoms with E-state index in [2.05, 4.69) is 201 Å². The average Bonchev–Trinajstić information content (AvgIpc) is 3.42. The molecule has 0 fully saturated rings. The highest BCUT2D eigenvalue weighted by atomic mass is 15.0. The first-order chi connectivity index (χ1) is 29.0. The highest BCUT2D eigenvalue weighted by molar-refractivity contribution is 6.13. The molecule has 8 aromatic carbocycles. The van der Waals surface area contributed by atoms with Crippen LogP contribution in [0.4, 0.5) is 0 Å². The van der Waals surface area contributed by atoms with E-state index in [4.69, 9.17) is 9.98 Å². The van der Waals surface area contributed by atoms with E-state index in [0.29, 0.717) is 5.92 Å². The predicted octanol–water partition coefficient (Wildman–Crippen LogP) is 14.9. The van der Waals surface area contributed by atoms with Crippen LogP contribution in [0.2, 0.25) is 0 Å². The Morgan fingerprint density at radius 2 is 1.22 bits per heavy atom. The number of aromatic nitrogens is 1. The van der Waals surface area contributed by atoms with Crippen molar-refractivity contribution in [1.82, 2.24) is 4.57 Å². The van der Waals surface area contributed by atoms with Crippen LogP contribution in [0.3, 0.4) is 0 Å². The first kappa shape index (κ1) is 36.5. The second-order valence-corrected chi connectivity index (χ2v) is 16.1. The van der Waals surface area contributed by atoms with Crippen molar-refractivity contribution in [2.24, 2.45) is 9.98 Å². The summed E-state index contributed by atoms with van der Waals surface area (Å²) in [7, 11) is 0. The first-order valence-corrected chi connectivity index (χ1v) is 21.1. The molecule has 11 rings (SSSR count). The van der Waals surface area contributed by atoms with Crippen molar-refractivity contribution in [2.75, 3.05) is 0 Å². The van der Waals surface area contributed by atoms with Crippen molar-refractivity contribution in [3.8, 4) is 16.8 Å². The molecular weight excluding hydrogens is 715 g/mol. The Bertz CT molecular complexity index is 3140. The number of para-hydroxylation sites is 2. The normalized spacial score (nSPS) is 15.2. The average molecular weight is 762 g/mol. The molecule has 0 N–H and O–H groups in total. The summed E-state index contributed by atoms with van der Waals surface area (Å²) in [6, 6.07) is 63.3. The van der Waals surface area contributed by atoms with Gasteiger partial charge in [0.15, 0.2) is 5.84 Å². The standard InChI is InChI=1S/C28H24N2.C28H23N/c1-3-20-16-19(2)29-28(26-15-13-22-9-5-7-11-24(22)18-26)30-27(20)25-14-12-21-8-4-6-10-23(21)17-25;1-19-15-16-20-9-5-6-12-22(20)24-17-18-25-23-13-7-8-14-26(23)29(28(25)27(19)24)21-10-3-2-4-11-21/h4-15,17-18H,3,16H2,1-2H3;2-14,17-19H,15-16H2,1H3. The Morgan fingerprint density at radius 3 is 1.98 bits per heavy atom. The molecule has 0 spiro atoms. The molecule has 2 aliphatic rings. The minimum Gasteiger partial charge on any atom is -0.309 e. The fraction of sp³-hybridized carbons (Fsp3) is 0.143. The van der Waals surface area contributed by atoms with Gasteiger partial charge in [0.05, 0.1) is 16.7 Å². The topological polar surface area (TPSA) is 29.6 Å². The Balaban J connectivity index is 0.000000143. The number of nitrogens with zero attached hydrogens (tertiary/aromatic N) is 3. The SMILES string of the molecule is CC1CCc2ccccc2-c2ccc3c4ccccc4n(-c4ccccc4)c3c21.CCC1=C(c2ccc3ccccc3c2)N=C(c2ccc3ccccc3c2)N=C(C)C1. The summed E-state index contributed by atoms with van der Waals surface area (Å²) in [4.78, 5) is 10.1. The number of allylic oxidation sites excluding steroid dienone is 1. The summed E-state index contributed by atoms with van der Waals surface area (Å²) < 4.78 is 2.48. The second-order valence-electron chi connectivity index (χ2n) is 16.1. The summed E-state index contributed by atoms with van der Waals surface area (Å²) in [6.07, 6.45) is 4.14. The quantitative estimate of drug-likeness (QED) is 0.171. The third-order valence-corrected chi connectivity index (χ3v) is 12.3. The molecule has 0 saturated carbocycles. The maximum Gasteiger partial charge on any atom is 0.159 e. The molecule has 1 aliphatic carbocycles. The van der Waals surface area contributed by atoms with Crippen LogP contribution in [0.5, 0.6) is 0 Å². The molecule has 1 aromatic heterocycles. The molecule has 1 aliphatic heterocycles. The number of amidine groups is 1. The van der Waals surface area contributed by atoms with Crippen molar-refractivity contribution < 1.29 is 0 Å². The van der Waals surface area contributed by atoms with E-state index >= 15 is 0 Å². The molecule has 0 amide bonds. The Kier molecular flexibility index (Phi) is 9.58. The maximum atomic E-state index is 5.14. The van der Waals surface area contributed by atoms with E-state index in [0.717, 1.165) is 47.6 Å². The Labute approximate surface area is 346 Å². The second kappa shape index (κ2) is 15.5. The zero-order chi connectivity index (χ0) is 39.9. The van der Waals surface area contributed by atoms with Crippen LogP contribution in [0.25, 0.3) is 65.9 Å². The molecule has 3 nitrogen and oxygen atoms in total. The number of hydrogen-bond donors (Lipinski definition) is 0. The van der Waals surface area contributed by atoms with Gasteiger partial charge < -0.3 is 4.57 Å². The minimum absolute atomic E-state index is 0.507. The highest BCUT2D eigenvalue weighted by Gasteiger charge is 2.25. The molecule has 0 bridgehead atoms. The maximum absolute atomic E-state index is 5.14. The monoisotopic (exact) mass is 761 g/mol. The van der Waals surface area contributed by atoms with Gasteiger partial charge in [0.25, 0.3) is 0 Å². The lowest BCUT2D eigenvalue weighted by molar-refractivity contribution is 0.692. The number of aryl methyl sites for hydroxylation is 1. The minimum atomic E-state index is 0.507. The van der Waals surface area contributed by atoms with Gasteiger partial charge in [-0.2, -0.15) is 0 Å². The molecule has 286 valence electrons. The van der Waals surface area contributed by atoms with E-state index in [1.807, 2.05) is 0 Å². The highest BCUT2D eigenvalue weighted by Crippen LogP contribution is 2.45. The van der Waals surface area contributed by atoms with Crippen molar-refractivity contribution in [3.63, 3.8) is 0 Å². The number of benzene rings is 8. The summed E-state index contributed by atoms with van der Waals surface area (Å²) >= 11 is 0. The molecule has 2 heterocycles. The largest absolute Gasteiger partial charge is 0.309 e. The van der Waals surface area contributed by atoms with Crippen LogP contribution >= 0.6 is 0 Å². The number of aliphatic imine (C=N–C) groups is 2. The van der Waals surface area contributed by atoms with Crippen LogP contribution in [-0.4, -0.2) is 16.1 Å². The summed E-state index contributed by atoms with van der Waals surface area (Å²) in [5.74, 6) is 1.30. The van der Waals surface area contributed by atoms with Crippen LogP contribution < -0.4 is 0 Å². The van der Waals surface area contributed by atoms with E-state index < -0.39 is 0 Å². The van der Waals surface area contributed by atoms with Crippen LogP contribution in [0, 0.1) is 0 Å². The van der Waals surface area contributed by atoms with Gasteiger partial charge in [0, 0.05) is 39.7 Å². The summed E-state index contributed by atoms with van der Waals surface area (Å²) in [6.45, 7) is 6.72. The number of hydrogen-bond acceptors (Lipinski definition) is 2. The van der Waals surface area contributed by atoms with Gasteiger partial charge in [-0.05, 0) is 112 Å².